The van der Waals surface area contributed by atoms with Gasteiger partial charge >= 0.3 is 0 Å². The SMILES string of the molecule is CC(C)(N)c1cccc(-c2nn(-c3ccc(F)cc3)c3c2CC[C@@H](C(=O)N[C@@]2(C)CCS(=O)(=O)C2)C3)c1. The van der Waals surface area contributed by atoms with Crippen molar-refractivity contribution in [2.24, 2.45) is 11.7 Å². The lowest BCUT2D eigenvalue weighted by atomic mass is 9.84. The van der Waals surface area contributed by atoms with Crippen LogP contribution >= 0.6 is 0 Å². The molecule has 7 nitrogen and oxygen atoms in total. The minimum absolute atomic E-state index is 0.0325. The molecule has 3 N–H and O–H groups in total. The summed E-state index contributed by atoms with van der Waals surface area (Å²) in [6, 6.07) is 14.2. The lowest BCUT2D eigenvalue weighted by Crippen LogP contribution is -2.50. The van der Waals surface area contributed by atoms with Crippen LogP contribution < -0.4 is 11.1 Å². The summed E-state index contributed by atoms with van der Waals surface area (Å²) < 4.78 is 39.5. The third-order valence-electron chi connectivity index (χ3n) is 7.52. The number of carbonyl (C=O) groups is 1. The van der Waals surface area contributed by atoms with E-state index in [-0.39, 0.29) is 29.1 Å². The molecule has 0 spiro atoms. The number of rotatable bonds is 5. The molecular weight excluding hydrogens is 491 g/mol. The van der Waals surface area contributed by atoms with Crippen LogP contribution in [0.25, 0.3) is 16.9 Å². The second-order valence-corrected chi connectivity index (χ2v) is 13.5. The van der Waals surface area contributed by atoms with E-state index >= 15 is 0 Å². The maximum atomic E-state index is 13.7. The van der Waals surface area contributed by atoms with Crippen molar-refractivity contribution >= 4 is 15.7 Å². The second-order valence-electron chi connectivity index (χ2n) is 11.3. The highest BCUT2D eigenvalue weighted by atomic mass is 32.2. The Kier molecular flexibility index (Phi) is 6.27. The van der Waals surface area contributed by atoms with Crippen LogP contribution in [0.5, 0.6) is 0 Å². The van der Waals surface area contributed by atoms with Crippen LogP contribution in [0, 0.1) is 11.7 Å². The maximum Gasteiger partial charge on any atom is 0.223 e. The van der Waals surface area contributed by atoms with Crippen LogP contribution in [0.4, 0.5) is 4.39 Å². The summed E-state index contributed by atoms with van der Waals surface area (Å²) in [6.07, 6.45) is 2.15. The summed E-state index contributed by atoms with van der Waals surface area (Å²) in [5.41, 5.74) is 10.6. The average molecular weight is 525 g/mol. The van der Waals surface area contributed by atoms with Gasteiger partial charge in [-0.25, -0.2) is 17.5 Å². The van der Waals surface area contributed by atoms with Crippen LogP contribution in [0.2, 0.25) is 0 Å². The number of nitrogens with zero attached hydrogens (tertiary/aromatic N) is 2. The number of nitrogens with two attached hydrogens (primary N) is 1. The summed E-state index contributed by atoms with van der Waals surface area (Å²) in [6.45, 7) is 5.71. The predicted octanol–water partition coefficient (Wildman–Crippen LogP) is 3.67. The van der Waals surface area contributed by atoms with E-state index in [2.05, 4.69) is 11.4 Å². The number of aromatic nitrogens is 2. The average Bonchev–Trinajstić information content (AvgIpc) is 3.35. The molecule has 2 atom stereocenters. The molecule has 3 aromatic rings. The summed E-state index contributed by atoms with van der Waals surface area (Å²) in [7, 11) is -3.14. The third-order valence-corrected chi connectivity index (χ3v) is 9.43. The molecule has 0 radical (unpaired) electrons. The molecule has 0 saturated carbocycles. The molecule has 1 saturated heterocycles. The van der Waals surface area contributed by atoms with E-state index in [0.717, 1.165) is 28.1 Å². The molecule has 196 valence electrons. The molecule has 0 bridgehead atoms. The monoisotopic (exact) mass is 524 g/mol. The highest BCUT2D eigenvalue weighted by Gasteiger charge is 2.41. The Bertz CT molecular complexity index is 1460. The fraction of sp³-hybridized carbons (Fsp3) is 0.429. The van der Waals surface area contributed by atoms with Crippen LogP contribution in [-0.4, -0.2) is 41.2 Å². The van der Waals surface area contributed by atoms with Gasteiger partial charge in [-0.1, -0.05) is 18.2 Å². The predicted molar refractivity (Wildman–Crippen MR) is 142 cm³/mol. The summed E-state index contributed by atoms with van der Waals surface area (Å²) >= 11 is 0. The number of amides is 1. The number of hydrogen-bond donors (Lipinski definition) is 2. The van der Waals surface area contributed by atoms with Gasteiger partial charge in [-0.05, 0) is 75.9 Å². The molecule has 5 rings (SSSR count). The molecule has 37 heavy (non-hydrogen) atoms. The second kappa shape index (κ2) is 9.06. The van der Waals surface area contributed by atoms with Gasteiger partial charge in [-0.3, -0.25) is 4.79 Å². The fourth-order valence-electron chi connectivity index (χ4n) is 5.44. The molecule has 1 aliphatic heterocycles. The Labute approximate surface area is 217 Å². The van der Waals surface area contributed by atoms with Gasteiger partial charge in [0.2, 0.25) is 5.91 Å². The normalized spacial score (nSPS) is 23.0. The molecule has 2 aromatic carbocycles. The molecule has 1 aliphatic carbocycles. The minimum atomic E-state index is -3.14. The third kappa shape index (κ3) is 5.20. The van der Waals surface area contributed by atoms with Gasteiger partial charge in [0.15, 0.2) is 9.84 Å². The molecule has 2 aliphatic rings. The molecule has 0 unspecified atom stereocenters. The van der Waals surface area contributed by atoms with Crippen LogP contribution in [0.1, 0.15) is 50.4 Å². The topological polar surface area (TPSA) is 107 Å². The Morgan fingerprint density at radius 3 is 2.59 bits per heavy atom. The Balaban J connectivity index is 1.51. The summed E-state index contributed by atoms with van der Waals surface area (Å²) in [4.78, 5) is 13.3. The van der Waals surface area contributed by atoms with Gasteiger partial charge in [0.05, 0.1) is 28.4 Å². The Morgan fingerprint density at radius 1 is 1.22 bits per heavy atom. The van der Waals surface area contributed by atoms with Crippen LogP contribution in [0.3, 0.4) is 0 Å². The number of nitrogens with one attached hydrogen (secondary N) is 1. The number of hydrogen-bond acceptors (Lipinski definition) is 5. The van der Waals surface area contributed by atoms with Gasteiger partial charge < -0.3 is 11.1 Å². The number of fused-ring (bicyclic) bond motifs is 1. The van der Waals surface area contributed by atoms with E-state index in [0.29, 0.717) is 31.4 Å². The lowest BCUT2D eigenvalue weighted by molar-refractivity contribution is -0.126. The molecule has 1 aromatic heterocycles. The van der Waals surface area contributed by atoms with Crippen molar-refractivity contribution in [3.63, 3.8) is 0 Å². The van der Waals surface area contributed by atoms with Crippen molar-refractivity contribution < 1.29 is 17.6 Å². The molecule has 9 heteroatoms. The highest BCUT2D eigenvalue weighted by Crippen LogP contribution is 2.36. The molecule has 1 fully saturated rings. The number of benzene rings is 2. The van der Waals surface area contributed by atoms with Gasteiger partial charge in [0.1, 0.15) is 5.82 Å². The van der Waals surface area contributed by atoms with Crippen molar-refractivity contribution in [1.82, 2.24) is 15.1 Å². The number of halogens is 1. The van der Waals surface area contributed by atoms with Crippen molar-refractivity contribution in [2.75, 3.05) is 11.5 Å². The molecular formula is C28H33FN4O3S. The minimum Gasteiger partial charge on any atom is -0.350 e. The summed E-state index contributed by atoms with van der Waals surface area (Å²) in [5, 5.41) is 7.99. The zero-order valence-corrected chi connectivity index (χ0v) is 22.2. The first-order chi connectivity index (χ1) is 17.3. The van der Waals surface area contributed by atoms with Crippen molar-refractivity contribution in [1.29, 1.82) is 0 Å². The zero-order chi connectivity index (χ0) is 26.6. The van der Waals surface area contributed by atoms with Crippen molar-refractivity contribution in [3.8, 4) is 16.9 Å². The fourth-order valence-corrected chi connectivity index (χ4v) is 7.53. The van der Waals surface area contributed by atoms with Crippen molar-refractivity contribution in [3.05, 3.63) is 71.2 Å². The van der Waals surface area contributed by atoms with Crippen LogP contribution in [0.15, 0.2) is 48.5 Å². The van der Waals surface area contributed by atoms with E-state index in [9.17, 15) is 17.6 Å². The summed E-state index contributed by atoms with van der Waals surface area (Å²) in [5.74, 6) is -0.719. The number of sulfone groups is 1. The zero-order valence-electron chi connectivity index (χ0n) is 21.4. The van der Waals surface area contributed by atoms with Crippen LogP contribution in [-0.2, 0) is 33.0 Å². The lowest BCUT2D eigenvalue weighted by Gasteiger charge is -2.29. The Hall–Kier alpha value is -3.04. The first kappa shape index (κ1) is 25.6. The van der Waals surface area contributed by atoms with Gasteiger partial charge in [0.25, 0.3) is 0 Å². The maximum absolute atomic E-state index is 13.7. The first-order valence-corrected chi connectivity index (χ1v) is 14.4. The molecule has 1 amide bonds. The Morgan fingerprint density at radius 2 is 1.95 bits per heavy atom. The van der Waals surface area contributed by atoms with Gasteiger partial charge in [0, 0.05) is 34.7 Å². The van der Waals surface area contributed by atoms with Gasteiger partial charge in [-0.15, -0.1) is 0 Å². The van der Waals surface area contributed by atoms with E-state index in [1.165, 1.54) is 12.1 Å². The number of carbonyl (C=O) groups excluding carboxylic acids is 1. The standard InChI is InChI=1S/C28H33FN4O3S/c1-27(2,30)20-6-4-5-18(15-20)25-23-12-7-19(26(34)31-28(3)13-14-37(35,36)17-28)16-24(23)33(32-25)22-10-8-21(29)9-11-22/h4-6,8-11,15,19H,7,12-14,16-17,30H2,1-3H3,(H,31,34)/t19-,28+/m1/s1. The van der Waals surface area contributed by atoms with E-state index in [1.54, 1.807) is 19.1 Å². The largest absolute Gasteiger partial charge is 0.350 e. The first-order valence-electron chi connectivity index (χ1n) is 12.6. The molecule has 2 heterocycles. The van der Waals surface area contributed by atoms with E-state index in [1.807, 2.05) is 36.7 Å². The van der Waals surface area contributed by atoms with Crippen molar-refractivity contribution in [2.45, 2.75) is 57.5 Å². The van der Waals surface area contributed by atoms with Gasteiger partial charge in [-0.2, -0.15) is 5.10 Å². The van der Waals surface area contributed by atoms with E-state index < -0.39 is 20.9 Å². The highest BCUT2D eigenvalue weighted by molar-refractivity contribution is 7.91. The smallest absolute Gasteiger partial charge is 0.223 e. The quantitative estimate of drug-likeness (QED) is 0.530. The van der Waals surface area contributed by atoms with E-state index in [4.69, 9.17) is 10.8 Å².